The van der Waals surface area contributed by atoms with Crippen LogP contribution in [0.25, 0.3) is 10.9 Å². The highest BCUT2D eigenvalue weighted by Gasteiger charge is 2.46. The van der Waals surface area contributed by atoms with Crippen molar-refractivity contribution in [3.8, 4) is 11.5 Å². The number of nitrogens with one attached hydrogen (secondary N) is 3. The monoisotopic (exact) mass is 860 g/mol. The van der Waals surface area contributed by atoms with Gasteiger partial charge in [0.2, 0.25) is 17.7 Å². The van der Waals surface area contributed by atoms with Gasteiger partial charge in [0.25, 0.3) is 11.8 Å². The highest BCUT2D eigenvalue weighted by atomic mass is 19.4. The SMILES string of the molecule is COc1cc2nc(C)nc(N[C@H](C)c3cc(N)cc(C(F)(F)F)c3)c2cc1OCC1(CN(C)C(=O)CCOCCNc2cccc3c2C(=O)N(C2CCC(=O)NC2=O)C3=O)CC1. The molecule has 16 nitrogen and oxygen atoms in total. The number of hydrogen-bond donors (Lipinski definition) is 4. The molecular weight excluding hydrogens is 814 g/mol. The van der Waals surface area contributed by atoms with Crippen molar-refractivity contribution >= 4 is 57.6 Å². The Morgan fingerprint density at radius 1 is 1.06 bits per heavy atom. The molecule has 7 rings (SSSR count). The Morgan fingerprint density at radius 3 is 2.55 bits per heavy atom. The van der Waals surface area contributed by atoms with Crippen LogP contribution in [-0.4, -0.2) is 102 Å². The van der Waals surface area contributed by atoms with E-state index in [0.29, 0.717) is 51.8 Å². The lowest BCUT2D eigenvalue weighted by atomic mass is 10.0. The van der Waals surface area contributed by atoms with Gasteiger partial charge < -0.3 is 35.5 Å². The van der Waals surface area contributed by atoms with Crippen LogP contribution < -0.4 is 31.2 Å². The normalized spacial score (nSPS) is 17.4. The van der Waals surface area contributed by atoms with E-state index in [0.717, 1.165) is 29.9 Å². The Bertz CT molecular complexity index is 2440. The summed E-state index contributed by atoms with van der Waals surface area (Å²) in [5.74, 6) is -0.794. The third-order valence-electron chi connectivity index (χ3n) is 11.2. The minimum Gasteiger partial charge on any atom is -0.493 e. The minimum atomic E-state index is -4.56. The van der Waals surface area contributed by atoms with Gasteiger partial charge in [-0.1, -0.05) is 6.07 Å². The lowest BCUT2D eigenvalue weighted by molar-refractivity contribution is -0.138. The first-order valence-corrected chi connectivity index (χ1v) is 20.1. The first kappa shape index (κ1) is 43.6. The maximum Gasteiger partial charge on any atom is 0.416 e. The van der Waals surface area contributed by atoms with Gasteiger partial charge in [-0.2, -0.15) is 13.2 Å². The van der Waals surface area contributed by atoms with Crippen LogP contribution >= 0.6 is 0 Å². The van der Waals surface area contributed by atoms with E-state index in [1.165, 1.54) is 19.2 Å². The number of carbonyl (C=O) groups is 5. The molecule has 3 aliphatic rings. The third kappa shape index (κ3) is 9.36. The van der Waals surface area contributed by atoms with Gasteiger partial charge in [-0.15, -0.1) is 0 Å². The molecule has 19 heteroatoms. The second-order valence-corrected chi connectivity index (χ2v) is 15.9. The number of ether oxygens (including phenoxy) is 3. The number of aryl methyl sites for hydroxylation is 1. The van der Waals surface area contributed by atoms with Crippen molar-refractivity contribution in [2.75, 3.05) is 63.4 Å². The van der Waals surface area contributed by atoms with E-state index >= 15 is 0 Å². The maximum atomic E-state index is 13.5. The number of amides is 5. The molecule has 0 spiro atoms. The van der Waals surface area contributed by atoms with Gasteiger partial charge in [-0.25, -0.2) is 9.97 Å². The molecule has 328 valence electrons. The maximum absolute atomic E-state index is 13.5. The average molecular weight is 861 g/mol. The standard InChI is InChI=1S/C43H47F3N8O8/c1-23(25-16-26(43(44,45)46)18-27(47)17-25)49-38-29-19-34(33(60-4)20-31(29)50-24(2)51-38)62-22-42(11-12-42)21-53(3)36(56)10-14-61-15-13-48-30-7-5-6-28-37(30)41(59)54(40(28)58)32-8-9-35(55)52-39(32)57/h5-7,16-20,23,32,48H,8-15,21-22,47H2,1-4H3,(H,49,50,51)(H,52,55,57)/t23-,32?/m1/s1. The van der Waals surface area contributed by atoms with Crippen molar-refractivity contribution in [3.05, 3.63) is 76.6 Å². The fraction of sp³-hybridized carbons (Fsp3) is 0.419. The summed E-state index contributed by atoms with van der Waals surface area (Å²) in [7, 11) is 3.23. The zero-order chi connectivity index (χ0) is 44.5. The number of halogens is 3. The largest absolute Gasteiger partial charge is 0.493 e. The lowest BCUT2D eigenvalue weighted by Gasteiger charge is -2.27. The average Bonchev–Trinajstić information content (AvgIpc) is 3.94. The molecule has 62 heavy (non-hydrogen) atoms. The fourth-order valence-electron chi connectivity index (χ4n) is 7.73. The Kier molecular flexibility index (Phi) is 12.3. The first-order valence-electron chi connectivity index (χ1n) is 20.1. The van der Waals surface area contributed by atoms with E-state index in [-0.39, 0.29) is 73.8 Å². The molecule has 2 atom stereocenters. The van der Waals surface area contributed by atoms with Crippen LogP contribution in [0, 0.1) is 12.3 Å². The molecule has 2 aliphatic heterocycles. The molecule has 0 radical (unpaired) electrons. The van der Waals surface area contributed by atoms with Crippen LogP contribution in [0.5, 0.6) is 11.5 Å². The van der Waals surface area contributed by atoms with Crippen LogP contribution in [0.1, 0.15) is 82.7 Å². The molecule has 1 saturated carbocycles. The minimum absolute atomic E-state index is 0.0107. The predicted octanol–water partition coefficient (Wildman–Crippen LogP) is 5.26. The zero-order valence-corrected chi connectivity index (χ0v) is 34.6. The highest BCUT2D eigenvalue weighted by molar-refractivity contribution is 6.25. The van der Waals surface area contributed by atoms with Crippen molar-refractivity contribution in [2.24, 2.45) is 5.41 Å². The van der Waals surface area contributed by atoms with Gasteiger partial charge in [0.15, 0.2) is 11.5 Å². The molecule has 1 aromatic heterocycles. The molecule has 2 fully saturated rings. The second-order valence-electron chi connectivity index (χ2n) is 15.9. The molecule has 1 saturated heterocycles. The Morgan fingerprint density at radius 2 is 1.84 bits per heavy atom. The van der Waals surface area contributed by atoms with Gasteiger partial charge in [0.05, 0.1) is 61.6 Å². The number of anilines is 3. The number of aromatic nitrogens is 2. The van der Waals surface area contributed by atoms with Gasteiger partial charge in [0, 0.05) is 54.8 Å². The third-order valence-corrected chi connectivity index (χ3v) is 11.2. The summed E-state index contributed by atoms with van der Waals surface area (Å²) >= 11 is 0. The van der Waals surface area contributed by atoms with Gasteiger partial charge >= 0.3 is 6.18 Å². The lowest BCUT2D eigenvalue weighted by Crippen LogP contribution is -2.54. The smallest absolute Gasteiger partial charge is 0.416 e. The molecule has 3 aromatic carbocycles. The Labute approximate surface area is 354 Å². The number of nitrogens with zero attached hydrogens (tertiary/aromatic N) is 4. The quantitative estimate of drug-likeness (QED) is 0.0608. The number of nitrogens with two attached hydrogens (primary N) is 1. The number of carbonyl (C=O) groups excluding carboxylic acids is 5. The molecule has 1 unspecified atom stereocenters. The number of piperidine rings is 1. The number of rotatable bonds is 17. The van der Waals surface area contributed by atoms with E-state index in [1.54, 1.807) is 50.1 Å². The number of fused-ring (bicyclic) bond motifs is 2. The van der Waals surface area contributed by atoms with Crippen molar-refractivity contribution in [1.82, 2.24) is 25.1 Å². The summed E-state index contributed by atoms with van der Waals surface area (Å²) in [6, 6.07) is 10.0. The van der Waals surface area contributed by atoms with Crippen molar-refractivity contribution in [3.63, 3.8) is 0 Å². The van der Waals surface area contributed by atoms with Gasteiger partial charge in [0.1, 0.15) is 17.7 Å². The number of nitrogen functional groups attached to an aromatic ring is 1. The van der Waals surface area contributed by atoms with E-state index in [2.05, 4.69) is 25.9 Å². The van der Waals surface area contributed by atoms with E-state index in [4.69, 9.17) is 19.9 Å². The molecule has 3 heterocycles. The molecule has 4 aromatic rings. The van der Waals surface area contributed by atoms with Crippen LogP contribution in [0.3, 0.4) is 0 Å². The van der Waals surface area contributed by atoms with Crippen molar-refractivity contribution in [2.45, 2.75) is 64.2 Å². The van der Waals surface area contributed by atoms with E-state index in [9.17, 15) is 37.1 Å². The summed E-state index contributed by atoms with van der Waals surface area (Å²) in [6.07, 6.45) is -2.69. The summed E-state index contributed by atoms with van der Waals surface area (Å²) in [5, 5.41) is 9.09. The predicted molar refractivity (Wildman–Crippen MR) is 221 cm³/mol. The number of methoxy groups -OCH3 is 1. The summed E-state index contributed by atoms with van der Waals surface area (Å²) in [4.78, 5) is 75.3. The van der Waals surface area contributed by atoms with E-state index in [1.807, 2.05) is 0 Å². The van der Waals surface area contributed by atoms with Gasteiger partial charge in [-0.3, -0.25) is 34.2 Å². The highest BCUT2D eigenvalue weighted by Crippen LogP contribution is 2.47. The van der Waals surface area contributed by atoms with Crippen LogP contribution in [-0.2, 0) is 25.3 Å². The van der Waals surface area contributed by atoms with Crippen molar-refractivity contribution < 1.29 is 51.4 Å². The summed E-state index contributed by atoms with van der Waals surface area (Å²) in [5.41, 5.74) is 6.27. The zero-order valence-electron chi connectivity index (χ0n) is 34.6. The van der Waals surface area contributed by atoms with Crippen molar-refractivity contribution in [1.29, 1.82) is 0 Å². The summed E-state index contributed by atoms with van der Waals surface area (Å²) in [6.45, 7) is 4.76. The number of hydrogen-bond acceptors (Lipinski definition) is 13. The molecule has 1 aliphatic carbocycles. The number of alkyl halides is 3. The molecule has 5 amide bonds. The summed E-state index contributed by atoms with van der Waals surface area (Å²) < 4.78 is 58.3. The Balaban J connectivity index is 0.905. The second kappa shape index (κ2) is 17.5. The van der Waals surface area contributed by atoms with Gasteiger partial charge in [-0.05, 0) is 75.1 Å². The topological polar surface area (TPSA) is 207 Å². The Hall–Kier alpha value is -6.50. The number of imide groups is 2. The molecular formula is C43H47F3N8O8. The first-order chi connectivity index (χ1) is 29.5. The van der Waals surface area contributed by atoms with Crippen LogP contribution in [0.15, 0.2) is 48.5 Å². The molecule has 5 N–H and O–H groups in total. The number of benzene rings is 3. The van der Waals surface area contributed by atoms with Crippen LogP contribution in [0.2, 0.25) is 0 Å². The van der Waals surface area contributed by atoms with Crippen LogP contribution in [0.4, 0.5) is 30.4 Å². The van der Waals surface area contributed by atoms with E-state index < -0.39 is 47.5 Å². The fourth-order valence-corrected chi connectivity index (χ4v) is 7.73. The molecule has 0 bridgehead atoms.